The first-order valence-electron chi connectivity index (χ1n) is 2.92. The number of carbonyl (C=O) groups is 1. The zero-order valence-corrected chi connectivity index (χ0v) is 6.75. The first kappa shape index (κ1) is 8.47. The molecule has 0 unspecified atom stereocenters. The molecule has 0 fully saturated rings. The fourth-order valence-corrected chi connectivity index (χ4v) is 0.998. The number of hydrogen-bond acceptors (Lipinski definition) is 5. The van der Waals surface area contributed by atoms with E-state index in [1.165, 1.54) is 11.3 Å². The quantitative estimate of drug-likeness (QED) is 0.294. The Labute approximate surface area is 72.0 Å². The molecule has 0 bridgehead atoms. The van der Waals surface area contributed by atoms with Gasteiger partial charge in [0.2, 0.25) is 11.1 Å². The molecule has 1 rings (SSSR count). The Hall–Kier alpha value is -1.63. The minimum Gasteiger partial charge on any atom is -0.367 e. The average molecular weight is 186 g/mol. The van der Waals surface area contributed by atoms with Crippen LogP contribution in [0.1, 0.15) is 0 Å². The molecule has 6 nitrogen and oxygen atoms in total. The van der Waals surface area contributed by atoms with Crippen LogP contribution in [0.25, 0.3) is 0 Å². The first-order valence-corrected chi connectivity index (χ1v) is 3.80. The van der Waals surface area contributed by atoms with Gasteiger partial charge < -0.3 is 10.6 Å². The summed E-state index contributed by atoms with van der Waals surface area (Å²) in [6, 6.07) is 0. The molecule has 0 saturated carbocycles. The molecule has 3 N–H and O–H groups in total. The van der Waals surface area contributed by atoms with Gasteiger partial charge in [0.15, 0.2) is 0 Å². The Morgan fingerprint density at radius 2 is 2.75 bits per heavy atom. The maximum atomic E-state index is 9.70. The number of aromatic nitrogens is 1. The number of guanidine groups is 1. The molecule has 12 heavy (non-hydrogen) atoms. The van der Waals surface area contributed by atoms with Crippen molar-refractivity contribution in [2.45, 2.75) is 0 Å². The third kappa shape index (κ3) is 2.54. The van der Waals surface area contributed by atoms with E-state index in [-0.39, 0.29) is 12.4 Å². The van der Waals surface area contributed by atoms with Crippen molar-refractivity contribution in [3.05, 3.63) is 11.6 Å². The zero-order chi connectivity index (χ0) is 8.81. The van der Waals surface area contributed by atoms with Crippen LogP contribution in [-0.4, -0.2) is 17.4 Å². The van der Waals surface area contributed by atoms with Gasteiger partial charge in [-0.25, -0.2) is 4.98 Å². The topological polar surface area (TPSA) is 89.6 Å². The van der Waals surface area contributed by atoms with Crippen LogP contribution in [0, 0.1) is 0 Å². The van der Waals surface area contributed by atoms with Crippen LogP contribution in [0.2, 0.25) is 0 Å². The normalized spacial score (nSPS) is 10.8. The number of rotatable bonds is 3. The van der Waals surface area contributed by atoms with Gasteiger partial charge in [-0.05, 0) is 0 Å². The van der Waals surface area contributed by atoms with Crippen molar-refractivity contribution in [1.29, 1.82) is 0 Å². The molecular weight excluding hydrogens is 180 g/mol. The van der Waals surface area contributed by atoms with Crippen molar-refractivity contribution >= 4 is 28.9 Å². The molecule has 1 heterocycles. The molecule has 0 saturated heterocycles. The Morgan fingerprint density at radius 1 is 1.92 bits per heavy atom. The van der Waals surface area contributed by atoms with E-state index in [0.29, 0.717) is 5.13 Å². The molecule has 0 aromatic carbocycles. The molecule has 1 aromatic rings. The lowest BCUT2D eigenvalue weighted by Gasteiger charge is -1.97. The van der Waals surface area contributed by atoms with Gasteiger partial charge in [0.25, 0.3) is 0 Å². The average Bonchev–Trinajstić information content (AvgIpc) is 2.53. The number of nitrogens with two attached hydrogens (primary N) is 1. The largest absolute Gasteiger partial charge is 0.367 e. The number of aliphatic imine (C=N–C) groups is 1. The lowest BCUT2D eigenvalue weighted by atomic mass is 11.0. The molecule has 0 spiro atoms. The highest BCUT2D eigenvalue weighted by Gasteiger charge is 1.93. The van der Waals surface area contributed by atoms with E-state index < -0.39 is 0 Å². The predicted molar refractivity (Wildman–Crippen MR) is 43.7 cm³/mol. The van der Waals surface area contributed by atoms with Crippen LogP contribution < -0.4 is 11.2 Å². The summed E-state index contributed by atoms with van der Waals surface area (Å²) in [6.07, 6.45) is 1.59. The van der Waals surface area contributed by atoms with Crippen molar-refractivity contribution in [2.75, 3.05) is 0 Å². The van der Waals surface area contributed by atoms with Crippen LogP contribution in [0.4, 0.5) is 5.13 Å². The summed E-state index contributed by atoms with van der Waals surface area (Å²) in [5.74, 6) is -0.0166. The summed E-state index contributed by atoms with van der Waals surface area (Å²) >= 11 is 1.32. The second-order valence-corrected chi connectivity index (χ2v) is 2.50. The van der Waals surface area contributed by atoms with Gasteiger partial charge in [-0.15, -0.1) is 11.3 Å². The summed E-state index contributed by atoms with van der Waals surface area (Å²) < 4.78 is 0. The van der Waals surface area contributed by atoms with Gasteiger partial charge in [0.1, 0.15) is 0 Å². The summed E-state index contributed by atoms with van der Waals surface area (Å²) in [5, 5.41) is 2.25. The molecule has 0 atom stereocenters. The fraction of sp³-hybridized carbons (Fsp3) is 0. The van der Waals surface area contributed by atoms with E-state index in [9.17, 15) is 4.79 Å². The number of hydrogen-bond donors (Lipinski definition) is 2. The predicted octanol–water partition coefficient (Wildman–Crippen LogP) is -0.233. The number of nitrogens with one attached hydrogen (secondary N) is 1. The summed E-state index contributed by atoms with van der Waals surface area (Å²) in [6.45, 7) is 0.213. The first-order chi connectivity index (χ1) is 5.83. The Morgan fingerprint density at radius 3 is 3.33 bits per heavy atom. The lowest BCUT2D eigenvalue weighted by molar-refractivity contribution is -0.132. The Kier molecular flexibility index (Phi) is 3.03. The van der Waals surface area contributed by atoms with Crippen molar-refractivity contribution in [3.63, 3.8) is 0 Å². The smallest absolute Gasteiger partial charge is 0.320 e. The highest BCUT2D eigenvalue weighted by atomic mass is 32.1. The fourth-order valence-electron chi connectivity index (χ4n) is 0.481. The van der Waals surface area contributed by atoms with Gasteiger partial charge in [-0.1, -0.05) is 0 Å². The van der Waals surface area contributed by atoms with Gasteiger partial charge in [-0.2, -0.15) is 10.5 Å². The molecule has 1 aromatic heterocycles. The molecule has 0 amide bonds. The van der Waals surface area contributed by atoms with E-state index in [1.54, 1.807) is 11.6 Å². The third-order valence-electron chi connectivity index (χ3n) is 0.847. The summed E-state index contributed by atoms with van der Waals surface area (Å²) in [7, 11) is 0. The minimum atomic E-state index is -0.0166. The van der Waals surface area contributed by atoms with Crippen LogP contribution in [0.5, 0.6) is 0 Å². The summed E-state index contributed by atoms with van der Waals surface area (Å²) in [5.41, 5.74) is 7.37. The Balaban J connectivity index is 2.51. The highest BCUT2D eigenvalue weighted by Crippen LogP contribution is 2.13. The van der Waals surface area contributed by atoms with Crippen molar-refractivity contribution in [1.82, 2.24) is 10.5 Å². The number of carbonyl (C=O) groups excluding carboxylic acids is 1. The van der Waals surface area contributed by atoms with Crippen LogP contribution in [0.3, 0.4) is 0 Å². The molecule has 0 aliphatic rings. The Bertz CT molecular complexity index is 271. The van der Waals surface area contributed by atoms with Crippen molar-refractivity contribution < 1.29 is 9.63 Å². The molecule has 0 radical (unpaired) electrons. The molecule has 64 valence electrons. The zero-order valence-electron chi connectivity index (χ0n) is 5.93. The monoisotopic (exact) mass is 186 g/mol. The maximum Gasteiger partial charge on any atom is 0.320 e. The van der Waals surface area contributed by atoms with Crippen molar-refractivity contribution in [3.8, 4) is 0 Å². The maximum absolute atomic E-state index is 9.70. The SMILES string of the molecule is NC(=Nc1nccs1)NOC=O. The van der Waals surface area contributed by atoms with Gasteiger partial charge in [-0.3, -0.25) is 4.79 Å². The van der Waals surface area contributed by atoms with E-state index in [2.05, 4.69) is 20.3 Å². The molecule has 0 aliphatic heterocycles. The van der Waals surface area contributed by atoms with Crippen LogP contribution in [-0.2, 0) is 9.63 Å². The number of hydroxylamine groups is 1. The third-order valence-corrected chi connectivity index (χ3v) is 1.51. The minimum absolute atomic E-state index is 0.0166. The second-order valence-electron chi connectivity index (χ2n) is 1.63. The van der Waals surface area contributed by atoms with Gasteiger partial charge >= 0.3 is 6.47 Å². The molecular formula is C5H6N4O2S. The molecule has 0 aliphatic carbocycles. The van der Waals surface area contributed by atoms with Crippen molar-refractivity contribution in [2.24, 2.45) is 10.7 Å². The van der Waals surface area contributed by atoms with Gasteiger partial charge in [0, 0.05) is 11.6 Å². The van der Waals surface area contributed by atoms with E-state index in [0.717, 1.165) is 0 Å². The number of thiazole rings is 1. The van der Waals surface area contributed by atoms with E-state index in [4.69, 9.17) is 5.73 Å². The van der Waals surface area contributed by atoms with Gasteiger partial charge in [0.05, 0.1) is 0 Å². The lowest BCUT2D eigenvalue weighted by Crippen LogP contribution is -2.30. The van der Waals surface area contributed by atoms with E-state index >= 15 is 0 Å². The standard InChI is InChI=1S/C5H6N4O2S/c6-4(9-11-3-10)8-5-7-1-2-12-5/h1-3H,(H3,6,7,8,9). The second kappa shape index (κ2) is 4.29. The van der Waals surface area contributed by atoms with Crippen LogP contribution >= 0.6 is 11.3 Å². The highest BCUT2D eigenvalue weighted by molar-refractivity contribution is 7.13. The van der Waals surface area contributed by atoms with E-state index in [1.807, 2.05) is 0 Å². The summed E-state index contributed by atoms with van der Waals surface area (Å²) in [4.78, 5) is 21.4. The number of nitrogens with zero attached hydrogens (tertiary/aromatic N) is 2. The molecule has 7 heteroatoms. The van der Waals surface area contributed by atoms with Crippen LogP contribution in [0.15, 0.2) is 16.6 Å².